The summed E-state index contributed by atoms with van der Waals surface area (Å²) in [5, 5.41) is 10.8. The maximum absolute atomic E-state index is 13.3. The van der Waals surface area contributed by atoms with Gasteiger partial charge in [0, 0.05) is 25.2 Å². The number of carbonyl (C=O) groups excluding carboxylic acids is 4. The topological polar surface area (TPSA) is 129 Å². The summed E-state index contributed by atoms with van der Waals surface area (Å²) in [7, 11) is 0. The first kappa shape index (κ1) is 20.6. The zero-order chi connectivity index (χ0) is 22.7. The lowest BCUT2D eigenvalue weighted by Gasteiger charge is -2.60. The smallest absolute Gasteiger partial charge is 0.346 e. The highest BCUT2D eigenvalue weighted by Gasteiger charge is 2.78. The largest absolute Gasteiger partial charge is 0.482 e. The number of hydrogen-bond acceptors (Lipinski definition) is 9. The molecular formula is C22H26O9. The van der Waals surface area contributed by atoms with Gasteiger partial charge in [0.2, 0.25) is 0 Å². The van der Waals surface area contributed by atoms with Crippen LogP contribution in [0.2, 0.25) is 0 Å². The van der Waals surface area contributed by atoms with Gasteiger partial charge in [0.25, 0.3) is 0 Å². The summed E-state index contributed by atoms with van der Waals surface area (Å²) in [5.41, 5.74) is -4.41. The van der Waals surface area contributed by atoms with E-state index < -0.39 is 70.5 Å². The van der Waals surface area contributed by atoms with Crippen molar-refractivity contribution < 1.29 is 43.2 Å². The Hall–Kier alpha value is -2.26. The van der Waals surface area contributed by atoms with E-state index in [2.05, 4.69) is 0 Å². The van der Waals surface area contributed by atoms with E-state index in [9.17, 15) is 24.3 Å². The lowest BCUT2D eigenvalue weighted by atomic mass is 9.57. The second kappa shape index (κ2) is 5.95. The zero-order valence-electron chi connectivity index (χ0n) is 18.1. The highest BCUT2D eigenvalue weighted by atomic mass is 16.6. The van der Waals surface area contributed by atoms with Crippen molar-refractivity contribution in [2.24, 2.45) is 17.8 Å². The first-order chi connectivity index (χ1) is 14.3. The number of carbonyl (C=O) groups is 4. The van der Waals surface area contributed by atoms with Gasteiger partial charge >= 0.3 is 11.9 Å². The van der Waals surface area contributed by atoms with Crippen molar-refractivity contribution in [1.29, 1.82) is 0 Å². The van der Waals surface area contributed by atoms with E-state index in [-0.39, 0.29) is 23.7 Å². The molecule has 6 rings (SSSR count). The first-order valence-electron chi connectivity index (χ1n) is 10.6. The van der Waals surface area contributed by atoms with Crippen molar-refractivity contribution in [3.63, 3.8) is 0 Å². The summed E-state index contributed by atoms with van der Waals surface area (Å²) in [6, 6.07) is 0. The molecule has 6 aliphatic rings. The van der Waals surface area contributed by atoms with Crippen LogP contribution in [0.3, 0.4) is 0 Å². The summed E-state index contributed by atoms with van der Waals surface area (Å²) < 4.78 is 23.6. The van der Waals surface area contributed by atoms with E-state index >= 15 is 0 Å². The van der Waals surface area contributed by atoms with Gasteiger partial charge < -0.3 is 24.1 Å². The Labute approximate surface area is 179 Å². The van der Waals surface area contributed by atoms with Crippen molar-refractivity contribution in [3.8, 4) is 0 Å². The van der Waals surface area contributed by atoms with Crippen molar-refractivity contribution in [1.82, 2.24) is 0 Å². The molecule has 0 aromatic heterocycles. The Bertz CT molecular complexity index is 964. The van der Waals surface area contributed by atoms with Gasteiger partial charge in [-0.3, -0.25) is 14.4 Å². The number of esters is 2. The van der Waals surface area contributed by atoms with E-state index in [1.54, 1.807) is 13.8 Å². The summed E-state index contributed by atoms with van der Waals surface area (Å²) in [6.45, 7) is 7.86. The maximum Gasteiger partial charge on any atom is 0.346 e. The van der Waals surface area contributed by atoms with Crippen LogP contribution in [0.4, 0.5) is 0 Å². The number of fused-ring (bicyclic) bond motifs is 2. The third-order valence-corrected chi connectivity index (χ3v) is 7.79. The Morgan fingerprint density at radius 1 is 1.13 bits per heavy atom. The van der Waals surface area contributed by atoms with Crippen LogP contribution in [-0.2, 0) is 38.1 Å². The molecule has 9 heteroatoms. The molecule has 0 aromatic carbocycles. The van der Waals surface area contributed by atoms with Gasteiger partial charge in [-0.15, -0.1) is 0 Å². The van der Waals surface area contributed by atoms with Crippen LogP contribution in [-0.4, -0.2) is 63.7 Å². The van der Waals surface area contributed by atoms with Crippen molar-refractivity contribution in [3.05, 3.63) is 11.3 Å². The number of rotatable bonds is 1. The normalized spacial score (nSPS) is 50.3. The lowest BCUT2D eigenvalue weighted by molar-refractivity contribution is -0.279. The molecule has 0 radical (unpaired) electrons. The molecule has 31 heavy (non-hydrogen) atoms. The molecule has 1 saturated carbocycles. The minimum atomic E-state index is -1.81. The van der Waals surface area contributed by atoms with Gasteiger partial charge in [0.1, 0.15) is 29.0 Å². The molecule has 1 N–H and O–H groups in total. The maximum atomic E-state index is 13.3. The molecule has 4 heterocycles. The first-order valence-corrected chi connectivity index (χ1v) is 10.6. The standard InChI is InChI=1S/C22H26O9/c1-8-6-20(4,27)16(25)15-14(29-15)12-18(28-10(3)23)21(5)9(2)7-22(12)17(30-21)11(13(8)24)19(26)31-22/h8-9,12,14-15,18,27H,6-7H2,1-5H3/t8-,9+,12+,14-,15-,18+,20+,21-,22+/m1/s1. The predicted octanol–water partition coefficient (Wildman–Crippen LogP) is 0.609. The molecule has 0 amide bonds. The average Bonchev–Trinajstić information content (AvgIpc) is 3.36. The van der Waals surface area contributed by atoms with Crippen LogP contribution in [0.25, 0.3) is 0 Å². The Kier molecular flexibility index (Phi) is 3.96. The van der Waals surface area contributed by atoms with Crippen molar-refractivity contribution in [2.45, 2.75) is 82.6 Å². The molecule has 4 aliphatic heterocycles. The number of Topliss-reactive ketones (excluding diaryl/α,β-unsaturated/α-hetero) is 2. The summed E-state index contributed by atoms with van der Waals surface area (Å²) in [4.78, 5) is 51.3. The number of ether oxygens (including phenoxy) is 4. The highest BCUT2D eigenvalue weighted by Crippen LogP contribution is 2.64. The van der Waals surface area contributed by atoms with Gasteiger partial charge in [0.05, 0.1) is 5.92 Å². The molecule has 1 spiro atoms. The number of aliphatic hydroxyl groups is 1. The second-order valence-corrected chi connectivity index (χ2v) is 10.1. The lowest BCUT2D eigenvalue weighted by Crippen LogP contribution is -2.71. The predicted molar refractivity (Wildman–Crippen MR) is 101 cm³/mol. The van der Waals surface area contributed by atoms with Crippen molar-refractivity contribution >= 4 is 23.5 Å². The SMILES string of the molecule is CC(=O)O[C@H]1[C@@H]2[C@H]3O[C@H]3C(=O)[C@@](C)(O)C[C@@H](C)C(=O)C3=C4O[C@]1(C)[C@@H](C)C[C@@]42OC3=O. The number of ketones is 2. The molecule has 2 aliphatic carbocycles. The fraction of sp³-hybridized carbons (Fsp3) is 0.727. The van der Waals surface area contributed by atoms with Crippen LogP contribution in [0.5, 0.6) is 0 Å². The molecule has 0 aromatic rings. The van der Waals surface area contributed by atoms with Gasteiger partial charge in [-0.25, -0.2) is 4.79 Å². The molecule has 4 fully saturated rings. The molecule has 9 nitrogen and oxygen atoms in total. The highest BCUT2D eigenvalue weighted by molar-refractivity contribution is 6.20. The molecular weight excluding hydrogens is 408 g/mol. The van der Waals surface area contributed by atoms with E-state index in [4.69, 9.17) is 18.9 Å². The second-order valence-electron chi connectivity index (χ2n) is 10.1. The quantitative estimate of drug-likeness (QED) is 0.358. The molecule has 0 unspecified atom stereocenters. The Morgan fingerprint density at radius 3 is 2.45 bits per heavy atom. The number of epoxide rings is 1. The third-order valence-electron chi connectivity index (χ3n) is 7.79. The fourth-order valence-electron chi connectivity index (χ4n) is 6.08. The van der Waals surface area contributed by atoms with E-state index in [1.807, 2.05) is 6.92 Å². The van der Waals surface area contributed by atoms with Crippen LogP contribution >= 0.6 is 0 Å². The Balaban J connectivity index is 1.74. The Morgan fingerprint density at radius 2 is 1.81 bits per heavy atom. The van der Waals surface area contributed by atoms with Crippen LogP contribution in [0.1, 0.15) is 47.5 Å². The monoisotopic (exact) mass is 434 g/mol. The molecule has 5 bridgehead atoms. The minimum Gasteiger partial charge on any atom is -0.482 e. The van der Waals surface area contributed by atoms with E-state index in [0.717, 1.165) is 0 Å². The van der Waals surface area contributed by atoms with Crippen molar-refractivity contribution in [2.75, 3.05) is 0 Å². The summed E-state index contributed by atoms with van der Waals surface area (Å²) >= 11 is 0. The van der Waals surface area contributed by atoms with Gasteiger partial charge in [-0.2, -0.15) is 0 Å². The zero-order valence-corrected chi connectivity index (χ0v) is 18.1. The third kappa shape index (κ3) is 2.50. The van der Waals surface area contributed by atoms with E-state index in [0.29, 0.717) is 6.42 Å². The number of hydrogen-bond donors (Lipinski definition) is 1. The van der Waals surface area contributed by atoms with Crippen LogP contribution < -0.4 is 0 Å². The average molecular weight is 434 g/mol. The van der Waals surface area contributed by atoms with Gasteiger partial charge in [-0.05, 0) is 20.3 Å². The summed E-state index contributed by atoms with van der Waals surface area (Å²) in [5.74, 6) is -4.01. The van der Waals surface area contributed by atoms with Gasteiger partial charge in [0.15, 0.2) is 29.0 Å². The summed E-state index contributed by atoms with van der Waals surface area (Å²) in [6.07, 6.45) is -2.39. The van der Waals surface area contributed by atoms with Crippen LogP contribution in [0, 0.1) is 17.8 Å². The van der Waals surface area contributed by atoms with E-state index in [1.165, 1.54) is 13.8 Å². The molecule has 168 valence electrons. The molecule has 3 saturated heterocycles. The minimum absolute atomic E-state index is 0.145. The fourth-order valence-corrected chi connectivity index (χ4v) is 6.08. The van der Waals surface area contributed by atoms with Gasteiger partial charge in [-0.1, -0.05) is 13.8 Å². The molecule has 9 atom stereocenters. The van der Waals surface area contributed by atoms with Crippen LogP contribution in [0.15, 0.2) is 11.3 Å².